The van der Waals surface area contributed by atoms with Gasteiger partial charge in [0.25, 0.3) is 0 Å². The first-order valence-electron chi connectivity index (χ1n) is 6.07. The van der Waals surface area contributed by atoms with Crippen LogP contribution in [0.3, 0.4) is 0 Å². The summed E-state index contributed by atoms with van der Waals surface area (Å²) >= 11 is 12.1. The number of hydrazine groups is 1. The average Bonchev–Trinajstić information content (AvgIpc) is 2.39. The van der Waals surface area contributed by atoms with E-state index in [1.807, 2.05) is 43.3 Å². The normalized spacial score (nSPS) is 12.4. The van der Waals surface area contributed by atoms with Gasteiger partial charge < -0.3 is 0 Å². The van der Waals surface area contributed by atoms with Gasteiger partial charge in [-0.15, -0.1) is 0 Å². The van der Waals surface area contributed by atoms with Crippen molar-refractivity contribution in [2.45, 2.75) is 19.4 Å². The third-order valence-electron chi connectivity index (χ3n) is 3.11. The third kappa shape index (κ3) is 3.71. The van der Waals surface area contributed by atoms with Crippen molar-refractivity contribution >= 4 is 23.2 Å². The summed E-state index contributed by atoms with van der Waals surface area (Å²) in [5, 5.41) is 1.49. The van der Waals surface area contributed by atoms with Crippen LogP contribution in [0.4, 0.5) is 0 Å². The minimum absolute atomic E-state index is 0.0115. The third-order valence-corrected chi connectivity index (χ3v) is 3.71. The Kier molecular flexibility index (Phi) is 4.83. The summed E-state index contributed by atoms with van der Waals surface area (Å²) in [6, 6.07) is 13.7. The molecule has 2 aromatic carbocycles. The lowest BCUT2D eigenvalue weighted by Crippen LogP contribution is -2.29. The number of nitrogens with two attached hydrogens (primary N) is 1. The van der Waals surface area contributed by atoms with Crippen molar-refractivity contribution in [3.05, 3.63) is 69.2 Å². The van der Waals surface area contributed by atoms with Gasteiger partial charge in [0.2, 0.25) is 0 Å². The summed E-state index contributed by atoms with van der Waals surface area (Å²) in [6.45, 7) is 2.02. The fraction of sp³-hybridized carbons (Fsp3) is 0.200. The van der Waals surface area contributed by atoms with E-state index >= 15 is 0 Å². The first-order chi connectivity index (χ1) is 9.10. The summed E-state index contributed by atoms with van der Waals surface area (Å²) < 4.78 is 0. The zero-order valence-corrected chi connectivity index (χ0v) is 12.2. The molecule has 0 amide bonds. The lowest BCUT2D eigenvalue weighted by molar-refractivity contribution is 0.552. The Labute approximate surface area is 123 Å². The van der Waals surface area contributed by atoms with Gasteiger partial charge in [-0.3, -0.25) is 11.3 Å². The van der Waals surface area contributed by atoms with Gasteiger partial charge in [-0.1, -0.05) is 47.5 Å². The van der Waals surface area contributed by atoms with E-state index in [0.717, 1.165) is 28.1 Å². The Morgan fingerprint density at radius 3 is 2.37 bits per heavy atom. The van der Waals surface area contributed by atoms with E-state index in [1.165, 1.54) is 0 Å². The summed E-state index contributed by atoms with van der Waals surface area (Å²) in [4.78, 5) is 0. The van der Waals surface area contributed by atoms with Crippen LogP contribution in [0.25, 0.3) is 0 Å². The van der Waals surface area contributed by atoms with Crippen LogP contribution < -0.4 is 11.3 Å². The molecule has 0 aliphatic carbocycles. The predicted molar refractivity (Wildman–Crippen MR) is 81.4 cm³/mol. The van der Waals surface area contributed by atoms with Crippen LogP contribution >= 0.6 is 23.2 Å². The first kappa shape index (κ1) is 14.4. The Hall–Kier alpha value is -1.06. The highest BCUT2D eigenvalue weighted by molar-refractivity contribution is 6.31. The number of aryl methyl sites for hydroxylation is 1. The van der Waals surface area contributed by atoms with Gasteiger partial charge in [0, 0.05) is 10.0 Å². The molecule has 0 saturated heterocycles. The Morgan fingerprint density at radius 2 is 1.79 bits per heavy atom. The highest BCUT2D eigenvalue weighted by Gasteiger charge is 2.12. The van der Waals surface area contributed by atoms with E-state index in [9.17, 15) is 0 Å². The lowest BCUT2D eigenvalue weighted by Gasteiger charge is -2.17. The van der Waals surface area contributed by atoms with Gasteiger partial charge in [0.05, 0.1) is 6.04 Å². The van der Waals surface area contributed by atoms with Crippen LogP contribution in [-0.2, 0) is 6.42 Å². The summed E-state index contributed by atoms with van der Waals surface area (Å²) in [5.41, 5.74) is 6.14. The molecular weight excluding hydrogens is 279 g/mol. The van der Waals surface area contributed by atoms with Crippen molar-refractivity contribution in [3.63, 3.8) is 0 Å². The Balaban J connectivity index is 2.21. The lowest BCUT2D eigenvalue weighted by atomic mass is 9.99. The van der Waals surface area contributed by atoms with E-state index in [-0.39, 0.29) is 6.04 Å². The second-order valence-corrected chi connectivity index (χ2v) is 5.41. The van der Waals surface area contributed by atoms with E-state index in [0.29, 0.717) is 5.02 Å². The maximum Gasteiger partial charge on any atom is 0.0500 e. The molecule has 0 saturated carbocycles. The van der Waals surface area contributed by atoms with Gasteiger partial charge >= 0.3 is 0 Å². The molecule has 2 nitrogen and oxygen atoms in total. The SMILES string of the molecule is Cc1ccc(CC(NN)c2ccc(Cl)cc2)c(Cl)c1. The molecule has 0 bridgehead atoms. The minimum Gasteiger partial charge on any atom is -0.271 e. The van der Waals surface area contributed by atoms with E-state index in [2.05, 4.69) is 11.5 Å². The number of nitrogens with one attached hydrogen (secondary N) is 1. The molecule has 1 unspecified atom stereocenters. The smallest absolute Gasteiger partial charge is 0.0500 e. The average molecular weight is 295 g/mol. The van der Waals surface area contributed by atoms with Crippen molar-refractivity contribution < 1.29 is 0 Å². The highest BCUT2D eigenvalue weighted by atomic mass is 35.5. The topological polar surface area (TPSA) is 38.0 Å². The molecule has 2 rings (SSSR count). The molecule has 1 atom stereocenters. The largest absolute Gasteiger partial charge is 0.271 e. The highest BCUT2D eigenvalue weighted by Crippen LogP contribution is 2.25. The zero-order chi connectivity index (χ0) is 13.8. The molecule has 0 radical (unpaired) electrons. The maximum atomic E-state index is 6.25. The first-order valence-corrected chi connectivity index (χ1v) is 6.82. The molecule has 4 heteroatoms. The van der Waals surface area contributed by atoms with Crippen LogP contribution in [0, 0.1) is 6.92 Å². The molecule has 100 valence electrons. The number of benzene rings is 2. The van der Waals surface area contributed by atoms with Crippen molar-refractivity contribution in [2.24, 2.45) is 5.84 Å². The van der Waals surface area contributed by atoms with E-state index in [4.69, 9.17) is 29.0 Å². The monoisotopic (exact) mass is 294 g/mol. The maximum absolute atomic E-state index is 6.25. The predicted octanol–water partition coefficient (Wildman–Crippen LogP) is 4.05. The fourth-order valence-electron chi connectivity index (χ4n) is 2.01. The van der Waals surface area contributed by atoms with Crippen LogP contribution in [0.15, 0.2) is 42.5 Å². The molecule has 0 aliphatic heterocycles. The van der Waals surface area contributed by atoms with Crippen LogP contribution in [0.5, 0.6) is 0 Å². The molecule has 0 heterocycles. The fourth-order valence-corrected chi connectivity index (χ4v) is 2.44. The van der Waals surface area contributed by atoms with Crippen LogP contribution in [-0.4, -0.2) is 0 Å². The van der Waals surface area contributed by atoms with Gasteiger partial charge in [-0.25, -0.2) is 0 Å². The van der Waals surface area contributed by atoms with Gasteiger partial charge in [0.15, 0.2) is 0 Å². The molecule has 0 fully saturated rings. The number of rotatable bonds is 4. The van der Waals surface area contributed by atoms with Gasteiger partial charge in [0.1, 0.15) is 0 Å². The van der Waals surface area contributed by atoms with E-state index < -0.39 is 0 Å². The van der Waals surface area contributed by atoms with Crippen molar-refractivity contribution in [1.29, 1.82) is 0 Å². The minimum atomic E-state index is 0.0115. The summed E-state index contributed by atoms with van der Waals surface area (Å²) in [5.74, 6) is 5.64. The van der Waals surface area contributed by atoms with Crippen molar-refractivity contribution in [2.75, 3.05) is 0 Å². The Bertz CT molecular complexity index is 553. The number of hydrogen-bond acceptors (Lipinski definition) is 2. The summed E-state index contributed by atoms with van der Waals surface area (Å²) in [6.07, 6.45) is 0.733. The van der Waals surface area contributed by atoms with Gasteiger partial charge in [-0.2, -0.15) is 0 Å². The van der Waals surface area contributed by atoms with Gasteiger partial charge in [-0.05, 0) is 48.2 Å². The Morgan fingerprint density at radius 1 is 1.11 bits per heavy atom. The molecule has 0 aliphatic rings. The second kappa shape index (κ2) is 6.40. The summed E-state index contributed by atoms with van der Waals surface area (Å²) in [7, 11) is 0. The molecule has 2 aromatic rings. The van der Waals surface area contributed by atoms with Crippen LogP contribution in [0.1, 0.15) is 22.7 Å². The second-order valence-electron chi connectivity index (χ2n) is 4.57. The molecule has 19 heavy (non-hydrogen) atoms. The number of hydrogen-bond donors (Lipinski definition) is 2. The van der Waals surface area contributed by atoms with Crippen molar-refractivity contribution in [1.82, 2.24) is 5.43 Å². The van der Waals surface area contributed by atoms with Crippen molar-refractivity contribution in [3.8, 4) is 0 Å². The number of halogens is 2. The molecule has 0 aromatic heterocycles. The van der Waals surface area contributed by atoms with Crippen LogP contribution in [0.2, 0.25) is 10.0 Å². The standard InChI is InChI=1S/C15H16Cl2N2/c1-10-2-3-12(14(17)8-10)9-15(19-18)11-4-6-13(16)7-5-11/h2-8,15,19H,9,18H2,1H3. The molecular formula is C15H16Cl2N2. The molecule has 3 N–H and O–H groups in total. The zero-order valence-electron chi connectivity index (χ0n) is 10.7. The molecule has 0 spiro atoms. The van der Waals surface area contributed by atoms with E-state index in [1.54, 1.807) is 0 Å². The quantitative estimate of drug-likeness (QED) is 0.659.